The molecule has 2 amide bonds. The number of hydrogen-bond acceptors (Lipinski definition) is 5. The number of likely N-dealkylation sites (tertiary alicyclic amines) is 2. The normalized spacial score (nSPS) is 19.7. The van der Waals surface area contributed by atoms with Crippen LogP contribution in [0.3, 0.4) is 0 Å². The summed E-state index contributed by atoms with van der Waals surface area (Å²) in [4.78, 5) is 32.8. The summed E-state index contributed by atoms with van der Waals surface area (Å²) in [6, 6.07) is 1.71. The van der Waals surface area contributed by atoms with Crippen LogP contribution in [0.5, 0.6) is 5.75 Å². The first kappa shape index (κ1) is 18.6. The van der Waals surface area contributed by atoms with E-state index in [0.29, 0.717) is 44.0 Å². The summed E-state index contributed by atoms with van der Waals surface area (Å²) in [5, 5.41) is 0. The zero-order valence-electron chi connectivity index (χ0n) is 15.6. The first-order valence-electron chi connectivity index (χ1n) is 9.12. The molecule has 0 aliphatic carbocycles. The van der Waals surface area contributed by atoms with Crippen molar-refractivity contribution in [1.82, 2.24) is 14.8 Å². The Labute approximate surface area is 154 Å². The predicted octanol–water partition coefficient (Wildman–Crippen LogP) is 1.58. The molecule has 0 radical (unpaired) electrons. The molecule has 1 aromatic heterocycles. The van der Waals surface area contributed by atoms with Crippen molar-refractivity contribution in [2.75, 3.05) is 47.0 Å². The topological polar surface area (TPSA) is 72.0 Å². The van der Waals surface area contributed by atoms with E-state index in [9.17, 15) is 9.59 Å². The lowest BCUT2D eigenvalue weighted by atomic mass is 9.72. The number of carbonyl (C=O) groups excluding carboxylic acids is 2. The standard InChI is InChI=1S/C19H27N3O4/c1-25-12-11-22-14-19(5-3-17(22)23)6-9-21(10-7-19)18(24)15-4-8-20-13-16(15)26-2/h4,8,13H,3,5-7,9-12,14H2,1-2H3. The molecule has 2 fully saturated rings. The zero-order valence-corrected chi connectivity index (χ0v) is 15.6. The number of hydrogen-bond donors (Lipinski definition) is 0. The molecular weight excluding hydrogens is 334 g/mol. The highest BCUT2D eigenvalue weighted by Gasteiger charge is 2.41. The molecule has 0 N–H and O–H groups in total. The minimum absolute atomic E-state index is 0.0118. The van der Waals surface area contributed by atoms with Crippen molar-refractivity contribution in [3.8, 4) is 5.75 Å². The van der Waals surface area contributed by atoms with Gasteiger partial charge in [0.25, 0.3) is 5.91 Å². The van der Waals surface area contributed by atoms with Gasteiger partial charge in [0.15, 0.2) is 0 Å². The smallest absolute Gasteiger partial charge is 0.257 e. The molecule has 2 aliphatic heterocycles. The highest BCUT2D eigenvalue weighted by Crippen LogP contribution is 2.40. The van der Waals surface area contributed by atoms with Crippen LogP contribution in [-0.2, 0) is 9.53 Å². The maximum atomic E-state index is 12.8. The van der Waals surface area contributed by atoms with E-state index in [1.165, 1.54) is 0 Å². The van der Waals surface area contributed by atoms with Gasteiger partial charge in [0, 0.05) is 45.9 Å². The lowest BCUT2D eigenvalue weighted by Gasteiger charge is -2.47. The minimum atomic E-state index is -0.0118. The molecule has 7 heteroatoms. The van der Waals surface area contributed by atoms with E-state index >= 15 is 0 Å². The predicted molar refractivity (Wildman–Crippen MR) is 96.0 cm³/mol. The number of carbonyl (C=O) groups is 2. The van der Waals surface area contributed by atoms with Gasteiger partial charge in [-0.2, -0.15) is 0 Å². The Bertz CT molecular complexity index is 656. The molecule has 3 heterocycles. The van der Waals surface area contributed by atoms with Crippen molar-refractivity contribution in [2.24, 2.45) is 5.41 Å². The quantitative estimate of drug-likeness (QED) is 0.796. The van der Waals surface area contributed by atoms with E-state index in [1.807, 2.05) is 9.80 Å². The number of rotatable bonds is 5. The monoisotopic (exact) mass is 361 g/mol. The summed E-state index contributed by atoms with van der Waals surface area (Å²) < 4.78 is 10.4. The van der Waals surface area contributed by atoms with Gasteiger partial charge in [0.2, 0.25) is 5.91 Å². The fourth-order valence-electron chi connectivity index (χ4n) is 3.99. The summed E-state index contributed by atoms with van der Waals surface area (Å²) in [6.45, 7) is 3.39. The van der Waals surface area contributed by atoms with Gasteiger partial charge < -0.3 is 19.3 Å². The molecule has 3 rings (SSSR count). The van der Waals surface area contributed by atoms with Gasteiger partial charge in [0.1, 0.15) is 5.75 Å². The van der Waals surface area contributed by atoms with E-state index in [1.54, 1.807) is 32.7 Å². The summed E-state index contributed by atoms with van der Waals surface area (Å²) in [7, 11) is 3.20. The SMILES string of the molecule is COCCN1CC2(CCC1=O)CCN(C(=O)c1ccncc1OC)CC2. The van der Waals surface area contributed by atoms with Crippen LogP contribution >= 0.6 is 0 Å². The molecule has 26 heavy (non-hydrogen) atoms. The van der Waals surface area contributed by atoms with Crippen LogP contribution in [0.15, 0.2) is 18.5 Å². The Balaban J connectivity index is 1.63. The van der Waals surface area contributed by atoms with Gasteiger partial charge in [-0.1, -0.05) is 0 Å². The van der Waals surface area contributed by atoms with Gasteiger partial charge in [-0.3, -0.25) is 14.6 Å². The van der Waals surface area contributed by atoms with Gasteiger partial charge in [0.05, 0.1) is 25.5 Å². The van der Waals surface area contributed by atoms with Gasteiger partial charge >= 0.3 is 0 Å². The maximum absolute atomic E-state index is 12.8. The van der Waals surface area contributed by atoms with E-state index in [4.69, 9.17) is 9.47 Å². The van der Waals surface area contributed by atoms with Crippen LogP contribution in [-0.4, -0.2) is 73.6 Å². The number of nitrogens with zero attached hydrogens (tertiary/aromatic N) is 3. The highest BCUT2D eigenvalue weighted by molar-refractivity contribution is 5.96. The van der Waals surface area contributed by atoms with Crippen LogP contribution in [0.25, 0.3) is 0 Å². The Morgan fingerprint density at radius 1 is 1.27 bits per heavy atom. The molecule has 0 aromatic carbocycles. The average molecular weight is 361 g/mol. The molecule has 0 atom stereocenters. The molecule has 7 nitrogen and oxygen atoms in total. The minimum Gasteiger partial charge on any atom is -0.494 e. The summed E-state index contributed by atoms with van der Waals surface area (Å²) in [5.74, 6) is 0.710. The van der Waals surface area contributed by atoms with Crippen molar-refractivity contribution in [3.05, 3.63) is 24.0 Å². The molecule has 0 bridgehead atoms. The average Bonchev–Trinajstić information content (AvgIpc) is 2.69. The number of pyridine rings is 1. The molecule has 2 saturated heterocycles. The Kier molecular flexibility index (Phi) is 5.76. The van der Waals surface area contributed by atoms with Crippen LogP contribution in [0.2, 0.25) is 0 Å². The van der Waals surface area contributed by atoms with Crippen LogP contribution in [0.1, 0.15) is 36.0 Å². The summed E-state index contributed by atoms with van der Waals surface area (Å²) in [6.07, 6.45) is 6.53. The first-order chi connectivity index (χ1) is 12.6. The lowest BCUT2D eigenvalue weighted by molar-refractivity contribution is -0.139. The Morgan fingerprint density at radius 3 is 2.73 bits per heavy atom. The fraction of sp³-hybridized carbons (Fsp3) is 0.632. The zero-order chi connectivity index (χ0) is 18.6. The summed E-state index contributed by atoms with van der Waals surface area (Å²) >= 11 is 0. The second-order valence-corrected chi connectivity index (χ2v) is 7.18. The van der Waals surface area contributed by atoms with E-state index in [-0.39, 0.29) is 17.2 Å². The number of ether oxygens (including phenoxy) is 2. The lowest BCUT2D eigenvalue weighted by Crippen LogP contribution is -2.52. The third-order valence-electron chi connectivity index (χ3n) is 5.66. The van der Waals surface area contributed by atoms with Crippen molar-refractivity contribution in [2.45, 2.75) is 25.7 Å². The van der Waals surface area contributed by atoms with Crippen LogP contribution in [0.4, 0.5) is 0 Å². The van der Waals surface area contributed by atoms with Crippen molar-refractivity contribution >= 4 is 11.8 Å². The Hall–Kier alpha value is -2.15. The molecule has 1 aromatic rings. The fourth-order valence-corrected chi connectivity index (χ4v) is 3.99. The molecule has 2 aliphatic rings. The third kappa shape index (κ3) is 3.82. The number of amides is 2. The largest absolute Gasteiger partial charge is 0.494 e. The van der Waals surface area contributed by atoms with Gasteiger partial charge in [-0.15, -0.1) is 0 Å². The van der Waals surface area contributed by atoms with Crippen molar-refractivity contribution in [1.29, 1.82) is 0 Å². The van der Waals surface area contributed by atoms with Crippen LogP contribution < -0.4 is 4.74 Å². The van der Waals surface area contributed by atoms with Crippen molar-refractivity contribution in [3.63, 3.8) is 0 Å². The molecule has 1 spiro atoms. The molecule has 142 valence electrons. The van der Waals surface area contributed by atoms with E-state index in [0.717, 1.165) is 25.8 Å². The number of aromatic nitrogens is 1. The Morgan fingerprint density at radius 2 is 2.04 bits per heavy atom. The third-order valence-corrected chi connectivity index (χ3v) is 5.66. The molecular formula is C19H27N3O4. The second-order valence-electron chi connectivity index (χ2n) is 7.18. The van der Waals surface area contributed by atoms with Gasteiger partial charge in [-0.25, -0.2) is 0 Å². The second kappa shape index (κ2) is 8.03. The highest BCUT2D eigenvalue weighted by atomic mass is 16.5. The maximum Gasteiger partial charge on any atom is 0.257 e. The van der Waals surface area contributed by atoms with Crippen LogP contribution in [0, 0.1) is 5.41 Å². The molecule has 0 saturated carbocycles. The first-order valence-corrected chi connectivity index (χ1v) is 9.12. The number of piperidine rings is 2. The summed E-state index contributed by atoms with van der Waals surface area (Å²) in [5.41, 5.74) is 0.680. The van der Waals surface area contributed by atoms with E-state index in [2.05, 4.69) is 4.98 Å². The van der Waals surface area contributed by atoms with E-state index < -0.39 is 0 Å². The number of methoxy groups -OCH3 is 2. The van der Waals surface area contributed by atoms with Crippen molar-refractivity contribution < 1.29 is 19.1 Å². The molecule has 0 unspecified atom stereocenters. The van der Waals surface area contributed by atoms with Gasteiger partial charge in [-0.05, 0) is 30.7 Å².